The third-order valence-corrected chi connectivity index (χ3v) is 4.94. The molecule has 0 unspecified atom stereocenters. The first-order valence-electron chi connectivity index (χ1n) is 9.89. The summed E-state index contributed by atoms with van der Waals surface area (Å²) in [6.45, 7) is 7.57. The van der Waals surface area contributed by atoms with E-state index in [1.165, 1.54) is 5.69 Å². The molecule has 1 aromatic carbocycles. The molecule has 4 rings (SSSR count). The summed E-state index contributed by atoms with van der Waals surface area (Å²) in [5, 5.41) is 11.5. The van der Waals surface area contributed by atoms with Gasteiger partial charge in [-0.25, -0.2) is 4.68 Å². The Morgan fingerprint density at radius 2 is 1.86 bits per heavy atom. The highest BCUT2D eigenvalue weighted by Crippen LogP contribution is 2.23. The molecule has 0 saturated carbocycles. The average Bonchev–Trinajstić information content (AvgIpc) is 3.38. The first kappa shape index (κ1) is 19.2. The monoisotopic (exact) mass is 394 g/mol. The zero-order chi connectivity index (χ0) is 20.2. The van der Waals surface area contributed by atoms with E-state index in [4.69, 9.17) is 4.74 Å². The number of morpholine rings is 1. The normalized spacial score (nSPS) is 14.4. The average molecular weight is 394 g/mol. The van der Waals surface area contributed by atoms with Crippen molar-refractivity contribution < 1.29 is 9.53 Å². The number of aromatic nitrogens is 4. The second-order valence-electron chi connectivity index (χ2n) is 7.38. The molecule has 1 saturated heterocycles. The van der Waals surface area contributed by atoms with Gasteiger partial charge in [-0.3, -0.25) is 9.48 Å². The molecular formula is C21H26N6O2. The zero-order valence-electron chi connectivity index (χ0n) is 16.8. The van der Waals surface area contributed by atoms with E-state index in [9.17, 15) is 4.79 Å². The maximum absolute atomic E-state index is 12.4. The number of carbonyl (C=O) groups is 1. The van der Waals surface area contributed by atoms with Gasteiger partial charge in [0.05, 0.1) is 25.6 Å². The molecule has 8 nitrogen and oxygen atoms in total. The summed E-state index contributed by atoms with van der Waals surface area (Å²) < 4.78 is 8.84. The van der Waals surface area contributed by atoms with Crippen molar-refractivity contribution in [1.29, 1.82) is 0 Å². The number of hydrogen-bond donors (Lipinski definition) is 1. The number of amides is 1. The van der Waals surface area contributed by atoms with Gasteiger partial charge in [0.15, 0.2) is 0 Å². The molecule has 1 fully saturated rings. The maximum Gasteiger partial charge on any atom is 0.247 e. The molecular weight excluding hydrogens is 368 g/mol. The lowest BCUT2D eigenvalue weighted by Crippen LogP contribution is -2.36. The smallest absolute Gasteiger partial charge is 0.247 e. The Morgan fingerprint density at radius 1 is 1.10 bits per heavy atom. The summed E-state index contributed by atoms with van der Waals surface area (Å²) in [5.41, 5.74) is 3.26. The molecule has 1 amide bonds. The first-order valence-corrected chi connectivity index (χ1v) is 9.89. The second kappa shape index (κ2) is 8.48. The van der Waals surface area contributed by atoms with Crippen LogP contribution in [0.2, 0.25) is 0 Å². The highest BCUT2D eigenvalue weighted by molar-refractivity contribution is 5.89. The van der Waals surface area contributed by atoms with Gasteiger partial charge in [0.1, 0.15) is 12.4 Å². The topological polar surface area (TPSA) is 77.2 Å². The Hall–Kier alpha value is -3.13. The predicted molar refractivity (Wildman–Crippen MR) is 112 cm³/mol. The van der Waals surface area contributed by atoms with Gasteiger partial charge in [0.25, 0.3) is 0 Å². The van der Waals surface area contributed by atoms with Crippen LogP contribution in [0.5, 0.6) is 0 Å². The zero-order valence-corrected chi connectivity index (χ0v) is 16.8. The Morgan fingerprint density at radius 3 is 2.59 bits per heavy atom. The molecule has 3 heterocycles. The van der Waals surface area contributed by atoms with Gasteiger partial charge in [-0.1, -0.05) is 12.1 Å². The van der Waals surface area contributed by atoms with Crippen LogP contribution in [0.25, 0.3) is 11.1 Å². The molecule has 0 bridgehead atoms. The van der Waals surface area contributed by atoms with E-state index in [-0.39, 0.29) is 18.5 Å². The largest absolute Gasteiger partial charge is 0.378 e. The predicted octanol–water partition coefficient (Wildman–Crippen LogP) is 2.80. The van der Waals surface area contributed by atoms with Gasteiger partial charge < -0.3 is 15.0 Å². The maximum atomic E-state index is 12.4. The summed E-state index contributed by atoms with van der Waals surface area (Å²) in [6.07, 6.45) is 5.36. The van der Waals surface area contributed by atoms with E-state index in [0.29, 0.717) is 5.82 Å². The van der Waals surface area contributed by atoms with Crippen molar-refractivity contribution in [3.8, 4) is 11.1 Å². The quantitative estimate of drug-likeness (QED) is 0.696. The molecule has 1 aliphatic rings. The van der Waals surface area contributed by atoms with Crippen molar-refractivity contribution in [3.05, 3.63) is 48.9 Å². The minimum absolute atomic E-state index is 0.135. The van der Waals surface area contributed by atoms with Crippen LogP contribution in [0.4, 0.5) is 11.5 Å². The molecule has 2 aromatic heterocycles. The van der Waals surface area contributed by atoms with Crippen LogP contribution in [0, 0.1) is 0 Å². The highest BCUT2D eigenvalue weighted by Gasteiger charge is 2.13. The molecule has 0 spiro atoms. The number of nitrogens with zero attached hydrogens (tertiary/aromatic N) is 5. The molecule has 0 radical (unpaired) electrons. The van der Waals surface area contributed by atoms with Crippen LogP contribution in [0.3, 0.4) is 0 Å². The summed E-state index contributed by atoms with van der Waals surface area (Å²) >= 11 is 0. The Balaban J connectivity index is 1.39. The lowest BCUT2D eigenvalue weighted by atomic mass is 10.1. The van der Waals surface area contributed by atoms with Gasteiger partial charge in [-0.2, -0.15) is 10.2 Å². The summed E-state index contributed by atoms with van der Waals surface area (Å²) in [4.78, 5) is 14.7. The fraction of sp³-hybridized carbons (Fsp3) is 0.381. The van der Waals surface area contributed by atoms with E-state index in [2.05, 4.69) is 44.7 Å². The Kier molecular flexibility index (Phi) is 5.62. The van der Waals surface area contributed by atoms with Crippen molar-refractivity contribution in [2.45, 2.75) is 26.4 Å². The van der Waals surface area contributed by atoms with E-state index < -0.39 is 0 Å². The first-order chi connectivity index (χ1) is 14.1. The third-order valence-electron chi connectivity index (χ3n) is 4.94. The molecule has 1 aliphatic heterocycles. The van der Waals surface area contributed by atoms with E-state index >= 15 is 0 Å². The molecule has 1 N–H and O–H groups in total. The Labute approximate surface area is 170 Å². The van der Waals surface area contributed by atoms with Crippen LogP contribution >= 0.6 is 0 Å². The third kappa shape index (κ3) is 4.48. The fourth-order valence-electron chi connectivity index (χ4n) is 3.44. The number of benzene rings is 1. The molecule has 152 valence electrons. The van der Waals surface area contributed by atoms with Gasteiger partial charge in [-0.15, -0.1) is 0 Å². The summed E-state index contributed by atoms with van der Waals surface area (Å²) in [5.74, 6) is 0.556. The summed E-state index contributed by atoms with van der Waals surface area (Å²) in [7, 11) is 0. The SMILES string of the molecule is CC(C)n1nccc1NC(=O)Cn1cc(-c2ccc(N3CCOCC3)cc2)cn1. The number of hydrogen-bond acceptors (Lipinski definition) is 5. The summed E-state index contributed by atoms with van der Waals surface area (Å²) in [6, 6.07) is 10.4. The number of anilines is 2. The van der Waals surface area contributed by atoms with Crippen LogP contribution < -0.4 is 10.2 Å². The van der Waals surface area contributed by atoms with Crippen molar-refractivity contribution >= 4 is 17.4 Å². The number of ether oxygens (including phenoxy) is 1. The number of rotatable bonds is 6. The molecule has 3 aromatic rings. The second-order valence-corrected chi connectivity index (χ2v) is 7.38. The van der Waals surface area contributed by atoms with Crippen LogP contribution in [-0.4, -0.2) is 51.8 Å². The highest BCUT2D eigenvalue weighted by atomic mass is 16.5. The Bertz CT molecular complexity index is 954. The van der Waals surface area contributed by atoms with E-state index in [1.54, 1.807) is 27.8 Å². The van der Waals surface area contributed by atoms with Crippen molar-refractivity contribution in [1.82, 2.24) is 19.6 Å². The van der Waals surface area contributed by atoms with Gasteiger partial charge in [0.2, 0.25) is 5.91 Å². The number of nitrogens with one attached hydrogen (secondary N) is 1. The van der Waals surface area contributed by atoms with Crippen molar-refractivity contribution in [2.24, 2.45) is 0 Å². The van der Waals surface area contributed by atoms with E-state index in [1.807, 2.05) is 20.0 Å². The lowest BCUT2D eigenvalue weighted by molar-refractivity contribution is -0.116. The lowest BCUT2D eigenvalue weighted by Gasteiger charge is -2.28. The molecule has 0 aliphatic carbocycles. The van der Waals surface area contributed by atoms with Gasteiger partial charge >= 0.3 is 0 Å². The van der Waals surface area contributed by atoms with Crippen LogP contribution in [-0.2, 0) is 16.1 Å². The van der Waals surface area contributed by atoms with E-state index in [0.717, 1.165) is 37.4 Å². The van der Waals surface area contributed by atoms with Crippen molar-refractivity contribution in [3.63, 3.8) is 0 Å². The molecule has 0 atom stereocenters. The molecule has 29 heavy (non-hydrogen) atoms. The van der Waals surface area contributed by atoms with Crippen molar-refractivity contribution in [2.75, 3.05) is 36.5 Å². The van der Waals surface area contributed by atoms with Gasteiger partial charge in [-0.05, 0) is 31.5 Å². The minimum Gasteiger partial charge on any atom is -0.378 e. The van der Waals surface area contributed by atoms with Crippen LogP contribution in [0.15, 0.2) is 48.9 Å². The standard InChI is InChI=1S/C21H26N6O2/c1-16(2)27-20(7-8-22-27)24-21(28)15-26-14-18(13-23-26)17-3-5-19(6-4-17)25-9-11-29-12-10-25/h3-8,13-14,16H,9-12,15H2,1-2H3,(H,24,28). The minimum atomic E-state index is -0.135. The van der Waals surface area contributed by atoms with Gasteiger partial charge in [0, 0.05) is 42.6 Å². The van der Waals surface area contributed by atoms with Crippen LogP contribution in [0.1, 0.15) is 19.9 Å². The fourth-order valence-corrected chi connectivity index (χ4v) is 3.44. The molecule has 8 heteroatoms. The number of carbonyl (C=O) groups excluding carboxylic acids is 1.